The summed E-state index contributed by atoms with van der Waals surface area (Å²) in [5, 5.41) is 13.7. The highest BCUT2D eigenvalue weighted by Gasteiger charge is 2.21. The number of benzene rings is 1. The number of hydrogen-bond donors (Lipinski definition) is 1. The predicted octanol–water partition coefficient (Wildman–Crippen LogP) is 3.22. The molecule has 0 bridgehead atoms. The minimum atomic E-state index is -0.980. The van der Waals surface area contributed by atoms with E-state index in [0.29, 0.717) is 29.4 Å². The fourth-order valence-electron chi connectivity index (χ4n) is 2.20. The van der Waals surface area contributed by atoms with Gasteiger partial charge in [-0.25, -0.2) is 13.9 Å². The number of carboxylic acids is 1. The standard InChI is InChI=1S/C15H17FN2O2/c1-9(2)8-13-14(15(19)20)10(3)18(17-13)12-6-4-11(16)5-7-12/h4-7,9H,8H2,1-3H3,(H,19,20). The second-order valence-corrected chi connectivity index (χ2v) is 5.20. The number of rotatable bonds is 4. The predicted molar refractivity (Wildman–Crippen MR) is 73.8 cm³/mol. The Labute approximate surface area is 116 Å². The summed E-state index contributed by atoms with van der Waals surface area (Å²) >= 11 is 0. The molecule has 0 aliphatic carbocycles. The number of nitrogens with zero attached hydrogens (tertiary/aromatic N) is 2. The monoisotopic (exact) mass is 276 g/mol. The number of aromatic nitrogens is 2. The summed E-state index contributed by atoms with van der Waals surface area (Å²) in [5.41, 5.74) is 2.01. The fourth-order valence-corrected chi connectivity index (χ4v) is 2.20. The van der Waals surface area contributed by atoms with Gasteiger partial charge in [-0.15, -0.1) is 0 Å². The normalized spacial score (nSPS) is 11.1. The van der Waals surface area contributed by atoms with E-state index in [1.807, 2.05) is 13.8 Å². The van der Waals surface area contributed by atoms with E-state index in [1.165, 1.54) is 12.1 Å². The van der Waals surface area contributed by atoms with E-state index in [0.717, 1.165) is 0 Å². The van der Waals surface area contributed by atoms with E-state index in [1.54, 1.807) is 23.7 Å². The van der Waals surface area contributed by atoms with Gasteiger partial charge in [-0.3, -0.25) is 0 Å². The maximum absolute atomic E-state index is 13.0. The van der Waals surface area contributed by atoms with Gasteiger partial charge in [0.2, 0.25) is 0 Å². The Bertz CT molecular complexity index is 630. The average molecular weight is 276 g/mol. The molecule has 1 heterocycles. The summed E-state index contributed by atoms with van der Waals surface area (Å²) in [5.74, 6) is -1.00. The van der Waals surface area contributed by atoms with Crippen LogP contribution < -0.4 is 0 Å². The zero-order chi connectivity index (χ0) is 14.9. The van der Waals surface area contributed by atoms with Gasteiger partial charge in [0.15, 0.2) is 0 Å². The Morgan fingerprint density at radius 2 is 1.95 bits per heavy atom. The first kappa shape index (κ1) is 14.2. The third-order valence-corrected chi connectivity index (χ3v) is 3.08. The summed E-state index contributed by atoms with van der Waals surface area (Å²) in [6, 6.07) is 5.83. The van der Waals surface area contributed by atoms with Crippen LogP contribution in [-0.2, 0) is 6.42 Å². The van der Waals surface area contributed by atoms with Crippen molar-refractivity contribution in [3.05, 3.63) is 47.0 Å². The first-order valence-electron chi connectivity index (χ1n) is 6.48. The SMILES string of the molecule is Cc1c(C(=O)O)c(CC(C)C)nn1-c1ccc(F)cc1. The summed E-state index contributed by atoms with van der Waals surface area (Å²) in [7, 11) is 0. The van der Waals surface area contributed by atoms with Gasteiger partial charge in [-0.2, -0.15) is 5.10 Å². The van der Waals surface area contributed by atoms with Crippen LogP contribution in [0, 0.1) is 18.7 Å². The van der Waals surface area contributed by atoms with Gasteiger partial charge in [-0.05, 0) is 43.5 Å². The lowest BCUT2D eigenvalue weighted by Gasteiger charge is -2.04. The largest absolute Gasteiger partial charge is 0.478 e. The van der Waals surface area contributed by atoms with Gasteiger partial charge in [0.1, 0.15) is 11.4 Å². The molecule has 0 spiro atoms. The summed E-state index contributed by atoms with van der Waals surface area (Å²) in [6.07, 6.45) is 0.594. The van der Waals surface area contributed by atoms with Gasteiger partial charge in [0.25, 0.3) is 0 Å². The minimum Gasteiger partial charge on any atom is -0.478 e. The molecular weight excluding hydrogens is 259 g/mol. The van der Waals surface area contributed by atoms with Crippen molar-refractivity contribution in [3.63, 3.8) is 0 Å². The third kappa shape index (κ3) is 2.71. The van der Waals surface area contributed by atoms with E-state index in [-0.39, 0.29) is 11.4 Å². The van der Waals surface area contributed by atoms with Crippen molar-refractivity contribution in [2.24, 2.45) is 5.92 Å². The summed E-state index contributed by atoms with van der Waals surface area (Å²) in [4.78, 5) is 11.4. The zero-order valence-electron chi connectivity index (χ0n) is 11.7. The Morgan fingerprint density at radius 1 is 1.35 bits per heavy atom. The maximum Gasteiger partial charge on any atom is 0.339 e. The van der Waals surface area contributed by atoms with Gasteiger partial charge in [-0.1, -0.05) is 13.8 Å². The zero-order valence-corrected chi connectivity index (χ0v) is 11.7. The highest BCUT2D eigenvalue weighted by Crippen LogP contribution is 2.21. The molecule has 20 heavy (non-hydrogen) atoms. The molecule has 0 saturated heterocycles. The smallest absolute Gasteiger partial charge is 0.339 e. The Hall–Kier alpha value is -2.17. The lowest BCUT2D eigenvalue weighted by atomic mass is 10.0. The van der Waals surface area contributed by atoms with Crippen LogP contribution in [0.4, 0.5) is 4.39 Å². The molecule has 2 rings (SSSR count). The van der Waals surface area contributed by atoms with Crippen molar-refractivity contribution in [2.75, 3.05) is 0 Å². The van der Waals surface area contributed by atoms with Crippen LogP contribution in [0.15, 0.2) is 24.3 Å². The van der Waals surface area contributed by atoms with Crippen molar-refractivity contribution in [1.82, 2.24) is 9.78 Å². The molecule has 4 nitrogen and oxygen atoms in total. The Balaban J connectivity index is 2.54. The van der Waals surface area contributed by atoms with Crippen LogP contribution in [0.1, 0.15) is 35.6 Å². The second kappa shape index (κ2) is 5.45. The molecule has 1 aromatic heterocycles. The van der Waals surface area contributed by atoms with Crippen LogP contribution in [0.2, 0.25) is 0 Å². The quantitative estimate of drug-likeness (QED) is 0.932. The van der Waals surface area contributed by atoms with Crippen molar-refractivity contribution in [3.8, 4) is 5.69 Å². The molecule has 2 aromatic rings. The molecule has 0 aliphatic rings. The Morgan fingerprint density at radius 3 is 2.45 bits per heavy atom. The number of carboxylic acid groups (broad SMARTS) is 1. The summed E-state index contributed by atoms with van der Waals surface area (Å²) < 4.78 is 14.5. The minimum absolute atomic E-state index is 0.239. The maximum atomic E-state index is 13.0. The molecule has 0 radical (unpaired) electrons. The third-order valence-electron chi connectivity index (χ3n) is 3.08. The molecule has 106 valence electrons. The average Bonchev–Trinajstić information content (AvgIpc) is 2.66. The molecule has 0 amide bonds. The lowest BCUT2D eigenvalue weighted by Crippen LogP contribution is -2.04. The van der Waals surface area contributed by atoms with Gasteiger partial charge in [0.05, 0.1) is 17.1 Å². The van der Waals surface area contributed by atoms with E-state index in [9.17, 15) is 14.3 Å². The number of aromatic carboxylic acids is 1. The van der Waals surface area contributed by atoms with Crippen LogP contribution in [0.5, 0.6) is 0 Å². The Kier molecular flexibility index (Phi) is 3.88. The van der Waals surface area contributed by atoms with Crippen molar-refractivity contribution >= 4 is 5.97 Å². The van der Waals surface area contributed by atoms with E-state index >= 15 is 0 Å². The highest BCUT2D eigenvalue weighted by atomic mass is 19.1. The molecule has 5 heteroatoms. The number of hydrogen-bond acceptors (Lipinski definition) is 2. The van der Waals surface area contributed by atoms with E-state index in [4.69, 9.17) is 0 Å². The molecule has 0 aliphatic heterocycles. The van der Waals surface area contributed by atoms with E-state index < -0.39 is 5.97 Å². The van der Waals surface area contributed by atoms with Crippen LogP contribution in [-0.4, -0.2) is 20.9 Å². The molecule has 1 N–H and O–H groups in total. The van der Waals surface area contributed by atoms with Gasteiger partial charge >= 0.3 is 5.97 Å². The fraction of sp³-hybridized carbons (Fsp3) is 0.333. The topological polar surface area (TPSA) is 55.1 Å². The summed E-state index contributed by atoms with van der Waals surface area (Å²) in [6.45, 7) is 5.74. The van der Waals surface area contributed by atoms with Crippen LogP contribution in [0.3, 0.4) is 0 Å². The van der Waals surface area contributed by atoms with Crippen molar-refractivity contribution in [2.45, 2.75) is 27.2 Å². The van der Waals surface area contributed by atoms with Gasteiger partial charge in [0, 0.05) is 0 Å². The lowest BCUT2D eigenvalue weighted by molar-refractivity contribution is 0.0694. The molecule has 0 fully saturated rings. The molecule has 0 saturated carbocycles. The van der Waals surface area contributed by atoms with Gasteiger partial charge < -0.3 is 5.11 Å². The number of halogens is 1. The molecule has 1 aromatic carbocycles. The van der Waals surface area contributed by atoms with Crippen LogP contribution in [0.25, 0.3) is 5.69 Å². The first-order chi connectivity index (χ1) is 9.40. The first-order valence-corrected chi connectivity index (χ1v) is 6.48. The highest BCUT2D eigenvalue weighted by molar-refractivity contribution is 5.90. The number of carbonyl (C=O) groups is 1. The molecular formula is C15H17FN2O2. The molecule has 0 atom stereocenters. The molecule has 0 unspecified atom stereocenters. The van der Waals surface area contributed by atoms with E-state index in [2.05, 4.69) is 5.10 Å². The second-order valence-electron chi connectivity index (χ2n) is 5.20. The van der Waals surface area contributed by atoms with Crippen LogP contribution >= 0.6 is 0 Å². The van der Waals surface area contributed by atoms with Crippen molar-refractivity contribution in [1.29, 1.82) is 0 Å². The van der Waals surface area contributed by atoms with Crippen molar-refractivity contribution < 1.29 is 14.3 Å².